The minimum atomic E-state index is -4.37. The molecule has 0 radical (unpaired) electrons. The number of hydrogen-bond donors (Lipinski definition) is 4. The Morgan fingerprint density at radius 3 is 0.389 bits per heavy atom. The summed E-state index contributed by atoms with van der Waals surface area (Å²) in [5, 5.41) is 0. The molecule has 6 saturated heterocycles. The predicted octanol–water partition coefficient (Wildman–Crippen LogP) is 25.8. The average molecular weight is 2140 g/mol. The van der Waals surface area contributed by atoms with Crippen LogP contribution in [0.25, 0.3) is 0 Å². The standard InChI is InChI=1S/2C45H88O12Si8.Ti/c2*1-58(2,3)48-61(41-29-15-6-16-30-41)53-63(43-33-19-8-20-34-43)51-59(46,39-25-11-4-12-26-39)49-62(42-31-17-7-18-32-42)50-60(47,40-27-13-5-14-28-40)52-64(54-61,44-35-21-9-22-36-44)57-65(55-62,56-63)45-37-23-10-24-38-45;/h2*39-47H,4-38H2,1-3H3;. The third-order valence-corrected chi connectivity index (χ3v) is 106. The molecule has 20 aliphatic rings. The summed E-state index contributed by atoms with van der Waals surface area (Å²) in [5.74, 6) is 0. The van der Waals surface area contributed by atoms with Gasteiger partial charge in [-0.1, -0.05) is 270 Å². The molecule has 8 atom stereocenters. The molecule has 6 heterocycles. The minimum Gasteiger partial charge on any atom is -0.417 e. The summed E-state index contributed by atoms with van der Waals surface area (Å²) in [6.45, 7) is 13.7. The second kappa shape index (κ2) is 43.6. The third kappa shape index (κ3) is 22.5. The van der Waals surface area contributed by atoms with Crippen LogP contribution in [0.1, 0.15) is 449 Å². The van der Waals surface area contributed by atoms with Crippen LogP contribution in [0.4, 0.5) is 0 Å². The molecule has 8 bridgehead atoms. The van der Waals surface area contributed by atoms with Crippen molar-refractivity contribution in [1.29, 1.82) is 0 Å². The van der Waals surface area contributed by atoms with E-state index in [4.69, 9.17) is 82.3 Å². The molecule has 0 aromatic heterocycles. The normalized spacial score (nSPS) is 43.6. The average Bonchev–Trinajstić information content (AvgIpc) is 0.688. The Kier molecular flexibility index (Phi) is 34.6. The van der Waals surface area contributed by atoms with Crippen molar-refractivity contribution >= 4 is 140 Å². The van der Waals surface area contributed by atoms with Gasteiger partial charge >= 0.3 is 123 Å². The molecule has 748 valence electrons. The molecule has 24 nitrogen and oxygen atoms in total. The fraction of sp³-hybridized carbons (Fsp3) is 1.00. The van der Waals surface area contributed by atoms with Crippen LogP contribution in [-0.4, -0.2) is 159 Å². The summed E-state index contributed by atoms with van der Waals surface area (Å²) in [6, 6.07) is 0. The Bertz CT molecular complexity index is 3250. The summed E-state index contributed by atoms with van der Waals surface area (Å²) in [5.41, 5.74) is -1.45. The Morgan fingerprint density at radius 2 is 0.260 bits per heavy atom. The summed E-state index contributed by atoms with van der Waals surface area (Å²) in [6.07, 6.45) is 69.9. The van der Waals surface area contributed by atoms with Crippen LogP contribution in [0.5, 0.6) is 0 Å². The second-order valence-electron chi connectivity index (χ2n) is 47.5. The van der Waals surface area contributed by atoms with E-state index >= 15 is 0 Å². The van der Waals surface area contributed by atoms with Crippen LogP contribution in [0, 0.1) is 0 Å². The predicted molar refractivity (Wildman–Crippen MR) is 534 cm³/mol. The van der Waals surface area contributed by atoms with Gasteiger partial charge in [-0.05, 0) is 219 Å². The Labute approximate surface area is 822 Å². The van der Waals surface area contributed by atoms with Gasteiger partial charge in [0.25, 0.3) is 0 Å². The molecule has 0 spiro atoms. The van der Waals surface area contributed by atoms with Gasteiger partial charge in [0.1, 0.15) is 0 Å². The molecule has 8 unspecified atom stereocenters. The van der Waals surface area contributed by atoms with Crippen molar-refractivity contribution in [3.8, 4) is 0 Å². The Balaban J connectivity index is 0.000000175. The van der Waals surface area contributed by atoms with Gasteiger partial charge < -0.3 is 101 Å². The Hall–Kier alpha value is 3.22. The molecule has 0 aromatic carbocycles. The van der Waals surface area contributed by atoms with Gasteiger partial charge in [0.05, 0.1) is 0 Å². The fourth-order valence-electron chi connectivity index (χ4n) is 28.8. The first kappa shape index (κ1) is 104. The van der Waals surface area contributed by atoms with E-state index in [2.05, 4.69) is 39.3 Å². The molecule has 20 fully saturated rings. The van der Waals surface area contributed by atoms with Crippen molar-refractivity contribution < 1.29 is 123 Å². The first-order chi connectivity index (χ1) is 62.6. The first-order valence-corrected chi connectivity index (χ1v) is 87.7. The van der Waals surface area contributed by atoms with E-state index in [9.17, 15) is 19.2 Å². The quantitative estimate of drug-likeness (QED) is 0.0929. The molecular weight excluding hydrogens is 1960 g/mol. The van der Waals surface area contributed by atoms with E-state index in [-0.39, 0.29) is 99.3 Å². The fourth-order valence-corrected chi connectivity index (χ4v) is 124. The molecule has 20 rings (SSSR count). The minimum absolute atomic E-state index is 0. The SMILES string of the molecule is C[Si](C)(C)O[Si]1(C2CCCCC2)O[Si]2(C3CCCCC3)O[Si](O)(C3CCCCC3)O[Si]3(C4CCCCC4)O[Si](O)(C4CCCCC4)O[Si](C4CCCCC4)(O1)O[Si](C1CCCCC1)(O3)O2.C[Si](C)(C)O[Si]1(C2CCCCC2)O[Si]2(C3CCCCC3)O[Si](O)(C3CCCCC3)O[Si]3(C4CCCCC4)O[Si](O)(C4CCCCC4)O[Si](C4CCCCC4)(O1)O[Si](C1CCCCC1)(O3)O2.[Ti]. The molecule has 0 aromatic rings. The number of hydrogen-bond acceptors (Lipinski definition) is 24. The molecule has 14 aliphatic carbocycles. The van der Waals surface area contributed by atoms with Crippen LogP contribution < -0.4 is 0 Å². The number of fused-ring (bicyclic) bond motifs is 6. The van der Waals surface area contributed by atoms with Gasteiger partial charge in [-0.2, -0.15) is 0 Å². The van der Waals surface area contributed by atoms with E-state index in [1.54, 1.807) is 0 Å². The van der Waals surface area contributed by atoms with Gasteiger partial charge in [0.15, 0.2) is 16.6 Å². The van der Waals surface area contributed by atoms with Gasteiger partial charge in [0, 0.05) is 99.3 Å². The van der Waals surface area contributed by atoms with E-state index < -0.39 is 140 Å². The van der Waals surface area contributed by atoms with E-state index in [1.165, 1.54) is 25.7 Å². The van der Waals surface area contributed by atoms with Crippen LogP contribution in [0.15, 0.2) is 0 Å². The van der Waals surface area contributed by atoms with Crippen molar-refractivity contribution in [2.45, 2.75) is 566 Å². The first-order valence-electron chi connectivity index (χ1n) is 55.5. The molecule has 0 amide bonds. The maximum atomic E-state index is 14.3. The molecule has 4 N–H and O–H groups in total. The van der Waals surface area contributed by atoms with E-state index in [1.807, 2.05) is 0 Å². The monoisotopic (exact) mass is 2140 g/mol. The molecule has 41 heteroatoms. The van der Waals surface area contributed by atoms with Gasteiger partial charge in [-0.3, -0.25) is 0 Å². The zero-order chi connectivity index (χ0) is 89.7. The molecule has 131 heavy (non-hydrogen) atoms. The maximum absolute atomic E-state index is 14.3. The zero-order valence-corrected chi connectivity index (χ0v) is 99.6. The third-order valence-electron chi connectivity index (χ3n) is 35.6. The van der Waals surface area contributed by atoms with Gasteiger partial charge in [0.2, 0.25) is 0 Å². The maximum Gasteiger partial charge on any atom is 0.486 e. The van der Waals surface area contributed by atoms with Crippen molar-refractivity contribution in [2.24, 2.45) is 0 Å². The van der Waals surface area contributed by atoms with Gasteiger partial charge in [-0.25, -0.2) is 0 Å². The van der Waals surface area contributed by atoms with Crippen LogP contribution in [0.2, 0.25) is 117 Å². The van der Waals surface area contributed by atoms with E-state index in [0.717, 1.165) is 424 Å². The Morgan fingerprint density at radius 1 is 0.153 bits per heavy atom. The summed E-state index contributed by atoms with van der Waals surface area (Å²) in [4.78, 5) is 57.1. The topological polar surface area (TPSA) is 266 Å². The summed E-state index contributed by atoms with van der Waals surface area (Å²) < 4.78 is 165. The number of rotatable bonds is 18. The van der Waals surface area contributed by atoms with E-state index in [0.29, 0.717) is 0 Å². The van der Waals surface area contributed by atoms with Crippen LogP contribution in [0.3, 0.4) is 0 Å². The van der Waals surface area contributed by atoms with Crippen LogP contribution in [-0.2, 0) is 104 Å². The summed E-state index contributed by atoms with van der Waals surface area (Å²) in [7, 11) is -63.7. The van der Waals surface area contributed by atoms with Crippen molar-refractivity contribution in [1.82, 2.24) is 0 Å². The second-order valence-corrected chi connectivity index (χ2v) is 101. The summed E-state index contributed by atoms with van der Waals surface area (Å²) >= 11 is 0. The molecular formula is C90H176O24Si16Ti. The molecule has 14 saturated carbocycles. The largest absolute Gasteiger partial charge is 0.486 e. The smallest absolute Gasteiger partial charge is 0.417 e. The van der Waals surface area contributed by atoms with Crippen molar-refractivity contribution in [3.05, 3.63) is 0 Å². The van der Waals surface area contributed by atoms with Crippen LogP contribution >= 0.6 is 0 Å². The van der Waals surface area contributed by atoms with Crippen molar-refractivity contribution in [3.63, 3.8) is 0 Å². The van der Waals surface area contributed by atoms with Gasteiger partial charge in [-0.15, -0.1) is 0 Å². The molecule has 6 aliphatic heterocycles. The van der Waals surface area contributed by atoms with Crippen molar-refractivity contribution in [2.75, 3.05) is 0 Å². The zero-order valence-electron chi connectivity index (χ0n) is 82.0.